The van der Waals surface area contributed by atoms with Gasteiger partial charge >= 0.3 is 11.9 Å². The number of benzene rings is 1. The van der Waals surface area contributed by atoms with Crippen LogP contribution in [0.5, 0.6) is 0 Å². The minimum absolute atomic E-state index is 0.0461. The minimum atomic E-state index is -2.18. The highest BCUT2D eigenvalue weighted by Crippen LogP contribution is 2.26. The molecular formula is C18H26O12. The lowest BCUT2D eigenvalue weighted by molar-refractivity contribution is -0.241. The first-order valence-electron chi connectivity index (χ1n) is 8.64. The summed E-state index contributed by atoms with van der Waals surface area (Å²) in [5.74, 6) is -1.89. The zero-order chi connectivity index (χ0) is 23.3. The van der Waals surface area contributed by atoms with Gasteiger partial charge in [-0.15, -0.1) is 0 Å². The van der Waals surface area contributed by atoms with Crippen molar-refractivity contribution in [3.63, 3.8) is 0 Å². The number of hydrogen-bond donors (Lipinski definition) is 8. The molecule has 0 fully saturated rings. The molecule has 0 heterocycles. The number of carbonyl (C=O) groups is 2. The Morgan fingerprint density at radius 1 is 0.667 bits per heavy atom. The molecule has 0 aliphatic rings. The van der Waals surface area contributed by atoms with E-state index in [1.54, 1.807) is 0 Å². The van der Waals surface area contributed by atoms with Crippen molar-refractivity contribution in [2.45, 2.75) is 39.0 Å². The monoisotopic (exact) mass is 434 g/mol. The molecule has 0 aliphatic heterocycles. The van der Waals surface area contributed by atoms with Crippen molar-refractivity contribution >= 4 is 11.9 Å². The molecule has 1 aromatic rings. The topological polar surface area (TPSA) is 214 Å². The Balaban J connectivity index is 2.76. The fraction of sp³-hybridized carbons (Fsp3) is 0.556. The van der Waals surface area contributed by atoms with Crippen LogP contribution in [0, 0.1) is 10.8 Å². The number of aliphatic hydroxyl groups excluding tert-OH is 4. The van der Waals surface area contributed by atoms with Crippen molar-refractivity contribution in [2.24, 2.45) is 10.8 Å². The zero-order valence-corrected chi connectivity index (χ0v) is 16.2. The zero-order valence-electron chi connectivity index (χ0n) is 16.2. The summed E-state index contributed by atoms with van der Waals surface area (Å²) in [7, 11) is 0. The van der Waals surface area contributed by atoms with Gasteiger partial charge in [0.1, 0.15) is 24.0 Å². The molecule has 1 rings (SSSR count). The second kappa shape index (κ2) is 10.2. The number of ether oxygens (including phenoxy) is 2. The number of esters is 2. The Morgan fingerprint density at radius 3 is 1.10 bits per heavy atom. The molecule has 0 bridgehead atoms. The summed E-state index contributed by atoms with van der Waals surface area (Å²) in [5, 5.41) is 73.8. The first-order chi connectivity index (χ1) is 13.8. The van der Waals surface area contributed by atoms with Crippen molar-refractivity contribution in [1.29, 1.82) is 0 Å². The SMILES string of the molecule is CC(COC(=O)c1ccc(C(=O)OCC(C)(C(O)O)C(O)O)cc1)(C(O)O)C(O)O. The maximum Gasteiger partial charge on any atom is 0.338 e. The van der Waals surface area contributed by atoms with Gasteiger partial charge in [-0.2, -0.15) is 0 Å². The molecule has 0 amide bonds. The fourth-order valence-electron chi connectivity index (χ4n) is 1.92. The van der Waals surface area contributed by atoms with Crippen molar-refractivity contribution in [3.8, 4) is 0 Å². The van der Waals surface area contributed by atoms with Gasteiger partial charge in [-0.3, -0.25) is 0 Å². The van der Waals surface area contributed by atoms with Gasteiger partial charge in [0, 0.05) is 0 Å². The number of hydrogen-bond acceptors (Lipinski definition) is 12. The molecule has 12 heteroatoms. The van der Waals surface area contributed by atoms with Gasteiger partial charge < -0.3 is 50.3 Å². The van der Waals surface area contributed by atoms with Gasteiger partial charge in [-0.05, 0) is 38.1 Å². The van der Waals surface area contributed by atoms with Gasteiger partial charge in [0.15, 0.2) is 25.2 Å². The van der Waals surface area contributed by atoms with E-state index in [9.17, 15) is 50.4 Å². The van der Waals surface area contributed by atoms with Gasteiger partial charge in [0.25, 0.3) is 0 Å². The summed E-state index contributed by atoms with van der Waals surface area (Å²) in [6.07, 6.45) is -8.71. The fourth-order valence-corrected chi connectivity index (χ4v) is 1.92. The Morgan fingerprint density at radius 2 is 0.900 bits per heavy atom. The number of rotatable bonds is 10. The third kappa shape index (κ3) is 5.93. The van der Waals surface area contributed by atoms with Gasteiger partial charge in [-0.1, -0.05) is 0 Å². The summed E-state index contributed by atoms with van der Waals surface area (Å²) in [4.78, 5) is 24.1. The van der Waals surface area contributed by atoms with Crippen LogP contribution in [0.1, 0.15) is 34.6 Å². The molecular weight excluding hydrogens is 408 g/mol. The van der Waals surface area contributed by atoms with Gasteiger partial charge in [0.05, 0.1) is 11.1 Å². The Kier molecular flexibility index (Phi) is 8.83. The number of carbonyl (C=O) groups excluding carboxylic acids is 2. The third-order valence-corrected chi connectivity index (χ3v) is 4.74. The Labute approximate surface area is 171 Å². The molecule has 0 unspecified atom stereocenters. The van der Waals surface area contributed by atoms with E-state index in [0.717, 1.165) is 13.8 Å². The van der Waals surface area contributed by atoms with Crippen LogP contribution in [0.2, 0.25) is 0 Å². The van der Waals surface area contributed by atoms with Crippen LogP contribution in [0.15, 0.2) is 24.3 Å². The van der Waals surface area contributed by atoms with Crippen LogP contribution >= 0.6 is 0 Å². The van der Waals surface area contributed by atoms with E-state index >= 15 is 0 Å². The lowest BCUT2D eigenvalue weighted by atomic mass is 9.90. The molecule has 0 aliphatic carbocycles. The molecule has 0 aromatic heterocycles. The maximum atomic E-state index is 12.0. The summed E-state index contributed by atoms with van der Waals surface area (Å²) >= 11 is 0. The molecule has 8 N–H and O–H groups in total. The smallest absolute Gasteiger partial charge is 0.338 e. The van der Waals surface area contributed by atoms with Crippen LogP contribution < -0.4 is 0 Å². The van der Waals surface area contributed by atoms with Gasteiger partial charge in [-0.25, -0.2) is 9.59 Å². The second-order valence-electron chi connectivity index (χ2n) is 7.24. The molecule has 1 aromatic carbocycles. The lowest BCUT2D eigenvalue weighted by Gasteiger charge is -2.32. The van der Waals surface area contributed by atoms with E-state index in [-0.39, 0.29) is 11.1 Å². The molecule has 0 atom stereocenters. The lowest BCUT2D eigenvalue weighted by Crippen LogP contribution is -2.47. The third-order valence-electron chi connectivity index (χ3n) is 4.74. The molecule has 0 radical (unpaired) electrons. The standard InChI is InChI=1S/C18H26O12/c1-17(13(21)22,14(23)24)7-29-11(19)9-3-5-10(6-4-9)12(20)30-8-18(2,15(25)26)16(27)28/h3-6,13-16,21-28H,7-8H2,1-2H3. The van der Waals surface area contributed by atoms with Crippen molar-refractivity contribution in [2.75, 3.05) is 13.2 Å². The Hall–Kier alpha value is -2.16. The van der Waals surface area contributed by atoms with Crippen molar-refractivity contribution in [1.82, 2.24) is 0 Å². The summed E-state index contributed by atoms with van der Waals surface area (Å²) < 4.78 is 9.71. The van der Waals surface area contributed by atoms with Crippen LogP contribution in [0.25, 0.3) is 0 Å². The average Bonchev–Trinajstić information content (AvgIpc) is 2.68. The normalized spacial score (nSPS) is 12.7. The highest BCUT2D eigenvalue weighted by atomic mass is 16.6. The molecule has 12 nitrogen and oxygen atoms in total. The predicted molar refractivity (Wildman–Crippen MR) is 96.1 cm³/mol. The summed E-state index contributed by atoms with van der Waals surface area (Å²) in [6.45, 7) is 0.706. The van der Waals surface area contributed by atoms with Crippen LogP contribution in [0.3, 0.4) is 0 Å². The van der Waals surface area contributed by atoms with Crippen LogP contribution in [-0.2, 0) is 9.47 Å². The average molecular weight is 434 g/mol. The largest absolute Gasteiger partial charge is 0.461 e. The molecule has 0 saturated carbocycles. The first kappa shape index (κ1) is 25.9. The Bertz CT molecular complexity index is 633. The van der Waals surface area contributed by atoms with E-state index in [2.05, 4.69) is 0 Å². The van der Waals surface area contributed by atoms with E-state index in [1.165, 1.54) is 24.3 Å². The van der Waals surface area contributed by atoms with Crippen LogP contribution in [-0.4, -0.2) is 91.2 Å². The van der Waals surface area contributed by atoms with Gasteiger partial charge in [0.2, 0.25) is 0 Å². The molecule has 30 heavy (non-hydrogen) atoms. The number of aliphatic hydroxyl groups is 8. The van der Waals surface area contributed by atoms with E-state index in [1.807, 2.05) is 0 Å². The quantitative estimate of drug-likeness (QED) is 0.139. The van der Waals surface area contributed by atoms with E-state index in [4.69, 9.17) is 9.47 Å². The summed E-state index contributed by atoms with van der Waals surface area (Å²) in [5.41, 5.74) is -3.98. The molecule has 170 valence electrons. The first-order valence-corrected chi connectivity index (χ1v) is 8.64. The summed E-state index contributed by atoms with van der Waals surface area (Å²) in [6, 6.07) is 4.73. The van der Waals surface area contributed by atoms with E-state index < -0.39 is 61.1 Å². The minimum Gasteiger partial charge on any atom is -0.461 e. The molecule has 0 saturated heterocycles. The van der Waals surface area contributed by atoms with Crippen molar-refractivity contribution < 1.29 is 59.9 Å². The predicted octanol–water partition coefficient (Wildman–Crippen LogP) is -2.74. The highest BCUT2D eigenvalue weighted by molar-refractivity contribution is 5.93. The molecule has 0 spiro atoms. The highest BCUT2D eigenvalue weighted by Gasteiger charge is 2.41. The van der Waals surface area contributed by atoms with Crippen LogP contribution in [0.4, 0.5) is 0 Å². The van der Waals surface area contributed by atoms with Crippen molar-refractivity contribution in [3.05, 3.63) is 35.4 Å². The second-order valence-corrected chi connectivity index (χ2v) is 7.24. The maximum absolute atomic E-state index is 12.0. The van der Waals surface area contributed by atoms with E-state index in [0.29, 0.717) is 0 Å².